The van der Waals surface area contributed by atoms with Crippen molar-refractivity contribution in [2.45, 2.75) is 25.5 Å². The van der Waals surface area contributed by atoms with Crippen LogP contribution in [0.3, 0.4) is 0 Å². The number of amides is 1. The number of benzene rings is 3. The lowest BCUT2D eigenvalue weighted by Gasteiger charge is -2.23. The molecule has 1 heterocycles. The maximum Gasteiger partial charge on any atom is 0.264 e. The monoisotopic (exact) mass is 435 g/mol. The van der Waals surface area contributed by atoms with Crippen LogP contribution in [-0.4, -0.2) is 23.9 Å². The number of aliphatic hydroxyl groups is 1. The molecule has 3 aromatic rings. The Labute approximate surface area is 185 Å². The van der Waals surface area contributed by atoms with E-state index in [1.54, 1.807) is 42.5 Å². The Kier molecular flexibility index (Phi) is 5.56. The van der Waals surface area contributed by atoms with E-state index >= 15 is 0 Å². The van der Waals surface area contributed by atoms with Gasteiger partial charge in [-0.15, -0.1) is 0 Å². The number of hydrogen-bond acceptors (Lipinski definition) is 4. The van der Waals surface area contributed by atoms with E-state index in [1.807, 2.05) is 31.2 Å². The standard InChI is InChI=1S/C25H22ClNO4/c1-16-7-9-17(10-8-16)15-27-21-12-11-18(26)13-20(21)25(30,24(27)29)14-22(28)19-5-3-4-6-23(19)31-2/h3-13,30H,14-15H2,1-2H3/t25-/m0/s1. The number of hydrogen-bond donors (Lipinski definition) is 1. The average Bonchev–Trinajstić information content (AvgIpc) is 2.96. The molecule has 0 radical (unpaired) electrons. The van der Waals surface area contributed by atoms with Gasteiger partial charge in [-0.25, -0.2) is 0 Å². The number of para-hydroxylation sites is 1. The minimum atomic E-state index is -2.01. The SMILES string of the molecule is COc1ccccc1C(=O)C[C@@]1(O)C(=O)N(Cc2ccc(C)cc2)c2ccc(Cl)cc21. The molecule has 0 unspecified atom stereocenters. The molecular weight excluding hydrogens is 414 g/mol. The van der Waals surface area contributed by atoms with Crippen LogP contribution in [0.2, 0.25) is 5.02 Å². The molecule has 0 spiro atoms. The first-order valence-electron chi connectivity index (χ1n) is 9.89. The smallest absolute Gasteiger partial charge is 0.264 e. The molecule has 158 valence electrons. The van der Waals surface area contributed by atoms with Gasteiger partial charge in [0.1, 0.15) is 5.75 Å². The Bertz CT molecular complexity index is 1160. The lowest BCUT2D eigenvalue weighted by molar-refractivity contribution is -0.136. The van der Waals surface area contributed by atoms with Crippen LogP contribution in [0, 0.1) is 6.92 Å². The molecule has 5 nitrogen and oxygen atoms in total. The number of halogens is 1. The highest BCUT2D eigenvalue weighted by Gasteiger charge is 2.51. The van der Waals surface area contributed by atoms with Crippen molar-refractivity contribution in [3.8, 4) is 5.75 Å². The van der Waals surface area contributed by atoms with Crippen LogP contribution in [0.5, 0.6) is 5.75 Å². The number of carbonyl (C=O) groups is 2. The number of aryl methyl sites for hydroxylation is 1. The maximum atomic E-state index is 13.4. The van der Waals surface area contributed by atoms with Crippen LogP contribution in [0.1, 0.15) is 33.5 Å². The second-order valence-corrected chi connectivity index (χ2v) is 8.14. The van der Waals surface area contributed by atoms with Gasteiger partial charge in [0.25, 0.3) is 5.91 Å². The fourth-order valence-corrected chi connectivity index (χ4v) is 4.10. The quantitative estimate of drug-likeness (QED) is 0.571. The van der Waals surface area contributed by atoms with Gasteiger partial charge < -0.3 is 14.7 Å². The summed E-state index contributed by atoms with van der Waals surface area (Å²) in [6.45, 7) is 2.27. The first kappa shape index (κ1) is 21.1. The summed E-state index contributed by atoms with van der Waals surface area (Å²) in [5.74, 6) is -0.547. The molecule has 0 fully saturated rings. The normalized spacial score (nSPS) is 17.5. The van der Waals surface area contributed by atoms with Gasteiger partial charge >= 0.3 is 0 Å². The van der Waals surface area contributed by atoms with Gasteiger partial charge in [0.05, 0.1) is 31.3 Å². The summed E-state index contributed by atoms with van der Waals surface area (Å²) < 4.78 is 5.27. The molecule has 1 aliphatic rings. The summed E-state index contributed by atoms with van der Waals surface area (Å²) in [5.41, 5.74) is 1.21. The van der Waals surface area contributed by atoms with E-state index in [9.17, 15) is 14.7 Å². The second-order valence-electron chi connectivity index (χ2n) is 7.70. The number of fused-ring (bicyclic) bond motifs is 1. The molecule has 4 rings (SSSR count). The Morgan fingerprint density at radius 2 is 1.81 bits per heavy atom. The van der Waals surface area contributed by atoms with Gasteiger partial charge in [-0.05, 0) is 42.8 Å². The summed E-state index contributed by atoms with van der Waals surface area (Å²) in [6.07, 6.45) is -0.413. The van der Waals surface area contributed by atoms with Crippen molar-refractivity contribution in [2.24, 2.45) is 0 Å². The Morgan fingerprint density at radius 3 is 2.52 bits per heavy atom. The van der Waals surface area contributed by atoms with E-state index in [0.29, 0.717) is 27.6 Å². The van der Waals surface area contributed by atoms with Crippen molar-refractivity contribution in [2.75, 3.05) is 12.0 Å². The van der Waals surface area contributed by atoms with Crippen molar-refractivity contribution < 1.29 is 19.4 Å². The fraction of sp³-hybridized carbons (Fsp3) is 0.200. The fourth-order valence-electron chi connectivity index (χ4n) is 3.93. The third-order valence-corrected chi connectivity index (χ3v) is 5.81. The highest BCUT2D eigenvalue weighted by molar-refractivity contribution is 6.31. The zero-order chi connectivity index (χ0) is 22.2. The minimum Gasteiger partial charge on any atom is -0.496 e. The molecule has 1 aliphatic heterocycles. The Hall–Kier alpha value is -3.15. The van der Waals surface area contributed by atoms with Gasteiger partial charge in [-0.2, -0.15) is 0 Å². The lowest BCUT2D eigenvalue weighted by atomic mass is 9.88. The molecule has 31 heavy (non-hydrogen) atoms. The van der Waals surface area contributed by atoms with Crippen molar-refractivity contribution in [3.05, 3.63) is 94.0 Å². The topological polar surface area (TPSA) is 66.8 Å². The molecule has 1 N–H and O–H groups in total. The maximum absolute atomic E-state index is 13.4. The number of ether oxygens (including phenoxy) is 1. The number of Topliss-reactive ketones (excluding diaryl/α,β-unsaturated/α-hetero) is 1. The molecule has 6 heteroatoms. The number of rotatable bonds is 6. The molecule has 0 aliphatic carbocycles. The van der Waals surface area contributed by atoms with Crippen LogP contribution < -0.4 is 9.64 Å². The molecule has 3 aromatic carbocycles. The number of anilines is 1. The lowest BCUT2D eigenvalue weighted by Crippen LogP contribution is -2.41. The third kappa shape index (κ3) is 3.82. The zero-order valence-electron chi connectivity index (χ0n) is 17.3. The van der Waals surface area contributed by atoms with E-state index in [4.69, 9.17) is 16.3 Å². The summed E-state index contributed by atoms with van der Waals surface area (Å²) in [5, 5.41) is 11.9. The summed E-state index contributed by atoms with van der Waals surface area (Å²) >= 11 is 6.18. The van der Waals surface area contributed by atoms with Crippen molar-refractivity contribution in [1.82, 2.24) is 0 Å². The van der Waals surface area contributed by atoms with Crippen molar-refractivity contribution >= 4 is 29.0 Å². The number of carbonyl (C=O) groups excluding carboxylic acids is 2. The molecule has 1 amide bonds. The first-order valence-corrected chi connectivity index (χ1v) is 10.3. The molecular formula is C25H22ClNO4. The molecule has 0 saturated heterocycles. The van der Waals surface area contributed by atoms with Crippen LogP contribution in [0.25, 0.3) is 0 Å². The predicted molar refractivity (Wildman–Crippen MR) is 120 cm³/mol. The third-order valence-electron chi connectivity index (χ3n) is 5.58. The zero-order valence-corrected chi connectivity index (χ0v) is 18.0. The predicted octanol–water partition coefficient (Wildman–Crippen LogP) is 4.66. The largest absolute Gasteiger partial charge is 0.496 e. The molecule has 0 saturated carbocycles. The Morgan fingerprint density at radius 1 is 1.10 bits per heavy atom. The minimum absolute atomic E-state index is 0.277. The van der Waals surface area contributed by atoms with Gasteiger partial charge in [0.15, 0.2) is 11.4 Å². The van der Waals surface area contributed by atoms with Crippen molar-refractivity contribution in [3.63, 3.8) is 0 Å². The highest BCUT2D eigenvalue weighted by Crippen LogP contribution is 2.45. The van der Waals surface area contributed by atoms with E-state index in [1.165, 1.54) is 12.0 Å². The molecule has 0 aromatic heterocycles. The van der Waals surface area contributed by atoms with Gasteiger partial charge in [0.2, 0.25) is 0 Å². The second kappa shape index (κ2) is 8.17. The van der Waals surface area contributed by atoms with Gasteiger partial charge in [-0.3, -0.25) is 9.59 Å². The highest BCUT2D eigenvalue weighted by atomic mass is 35.5. The summed E-state index contributed by atoms with van der Waals surface area (Å²) in [7, 11) is 1.47. The number of nitrogens with zero attached hydrogens (tertiary/aromatic N) is 1. The van der Waals surface area contributed by atoms with Crippen LogP contribution >= 0.6 is 11.6 Å². The van der Waals surface area contributed by atoms with Gasteiger partial charge in [-0.1, -0.05) is 53.6 Å². The van der Waals surface area contributed by atoms with Gasteiger partial charge in [0, 0.05) is 10.6 Å². The van der Waals surface area contributed by atoms with Crippen LogP contribution in [0.15, 0.2) is 66.7 Å². The van der Waals surface area contributed by atoms with E-state index in [-0.39, 0.29) is 6.54 Å². The molecule has 1 atom stereocenters. The average molecular weight is 436 g/mol. The molecule has 0 bridgehead atoms. The summed E-state index contributed by atoms with van der Waals surface area (Å²) in [4.78, 5) is 28.0. The van der Waals surface area contributed by atoms with Crippen LogP contribution in [0.4, 0.5) is 5.69 Å². The van der Waals surface area contributed by atoms with E-state index in [2.05, 4.69) is 0 Å². The number of ketones is 1. The van der Waals surface area contributed by atoms with Crippen molar-refractivity contribution in [1.29, 1.82) is 0 Å². The first-order chi connectivity index (χ1) is 14.8. The Balaban J connectivity index is 1.72. The van der Waals surface area contributed by atoms with E-state index in [0.717, 1.165) is 11.1 Å². The summed E-state index contributed by atoms with van der Waals surface area (Å²) in [6, 6.07) is 19.5. The number of methoxy groups -OCH3 is 1. The van der Waals surface area contributed by atoms with E-state index < -0.39 is 23.7 Å². The van der Waals surface area contributed by atoms with Crippen LogP contribution in [-0.2, 0) is 16.9 Å².